The number of para-hydroxylation sites is 1. The van der Waals surface area contributed by atoms with Crippen molar-refractivity contribution in [3.63, 3.8) is 0 Å². The Morgan fingerprint density at radius 1 is 1.13 bits per heavy atom. The van der Waals surface area contributed by atoms with Gasteiger partial charge in [0.15, 0.2) is 5.65 Å². The minimum absolute atomic E-state index is 0.351. The highest BCUT2D eigenvalue weighted by Gasteiger charge is 2.10. The molecule has 0 saturated carbocycles. The predicted octanol–water partition coefficient (Wildman–Crippen LogP) is 2.77. The highest BCUT2D eigenvalue weighted by Crippen LogP contribution is 2.29. The molecular formula is C16H13N5OS. The summed E-state index contributed by atoms with van der Waals surface area (Å²) >= 11 is 1.48. The molecule has 4 rings (SSSR count). The van der Waals surface area contributed by atoms with Crippen LogP contribution in [0.4, 0.5) is 11.6 Å². The summed E-state index contributed by atoms with van der Waals surface area (Å²) in [6.45, 7) is 0. The Kier molecular flexibility index (Phi) is 3.20. The largest absolute Gasteiger partial charge is 0.497 e. The number of rotatable bonds is 2. The Morgan fingerprint density at radius 3 is 2.74 bits per heavy atom. The topological polar surface area (TPSA) is 77.8 Å². The number of benzene rings is 2. The van der Waals surface area contributed by atoms with Gasteiger partial charge in [-0.25, -0.2) is 8.78 Å². The summed E-state index contributed by atoms with van der Waals surface area (Å²) in [5.74, 6) is 1.16. The van der Waals surface area contributed by atoms with Gasteiger partial charge in [0.05, 0.1) is 17.5 Å². The van der Waals surface area contributed by atoms with Crippen LogP contribution < -0.4 is 16.1 Å². The summed E-state index contributed by atoms with van der Waals surface area (Å²) in [7, 11) is 1.65. The number of fused-ring (bicyclic) bond motifs is 3. The van der Waals surface area contributed by atoms with E-state index in [9.17, 15) is 0 Å². The van der Waals surface area contributed by atoms with E-state index in [0.29, 0.717) is 11.6 Å². The van der Waals surface area contributed by atoms with Crippen molar-refractivity contribution >= 4 is 38.9 Å². The first-order chi connectivity index (χ1) is 11.2. The quantitative estimate of drug-likeness (QED) is 0.615. The van der Waals surface area contributed by atoms with Crippen LogP contribution in [0.3, 0.4) is 0 Å². The SMILES string of the molecule is COc1ccc2c(c1)sn1c(N)nc(=Nc3ccccc3)nc21. The van der Waals surface area contributed by atoms with E-state index in [0.717, 1.165) is 27.2 Å². The van der Waals surface area contributed by atoms with E-state index in [1.807, 2.05) is 48.5 Å². The van der Waals surface area contributed by atoms with Crippen LogP contribution in [-0.2, 0) is 0 Å². The molecule has 0 aliphatic carbocycles. The zero-order valence-electron chi connectivity index (χ0n) is 12.3. The second-order valence-corrected chi connectivity index (χ2v) is 5.89. The molecule has 2 N–H and O–H groups in total. The molecule has 0 fully saturated rings. The number of hydrogen-bond donors (Lipinski definition) is 1. The van der Waals surface area contributed by atoms with E-state index in [-0.39, 0.29) is 0 Å². The monoisotopic (exact) mass is 323 g/mol. The van der Waals surface area contributed by atoms with Gasteiger partial charge in [-0.05, 0) is 41.9 Å². The van der Waals surface area contributed by atoms with E-state index >= 15 is 0 Å². The molecular weight excluding hydrogens is 310 g/mol. The number of aromatic nitrogens is 3. The predicted molar refractivity (Wildman–Crippen MR) is 91.0 cm³/mol. The van der Waals surface area contributed by atoms with Gasteiger partial charge in [0.2, 0.25) is 5.95 Å². The van der Waals surface area contributed by atoms with Gasteiger partial charge >= 0.3 is 0 Å². The average Bonchev–Trinajstić information content (AvgIpc) is 2.94. The molecule has 0 aliphatic heterocycles. The van der Waals surface area contributed by atoms with E-state index in [1.165, 1.54) is 11.5 Å². The Bertz CT molecular complexity index is 1070. The molecule has 0 atom stereocenters. The number of methoxy groups -OCH3 is 1. The summed E-state index contributed by atoms with van der Waals surface area (Å²) in [6.07, 6.45) is 0. The van der Waals surface area contributed by atoms with Crippen molar-refractivity contribution in [2.75, 3.05) is 12.8 Å². The average molecular weight is 323 g/mol. The molecule has 0 saturated heterocycles. The summed E-state index contributed by atoms with van der Waals surface area (Å²) in [5.41, 5.74) is 7.96. The summed E-state index contributed by atoms with van der Waals surface area (Å²) in [4.78, 5) is 13.3. The van der Waals surface area contributed by atoms with Gasteiger partial charge in [-0.15, -0.1) is 0 Å². The Hall–Kier alpha value is -2.93. The Morgan fingerprint density at radius 2 is 1.96 bits per heavy atom. The highest BCUT2D eigenvalue weighted by molar-refractivity contribution is 7.14. The first-order valence-corrected chi connectivity index (χ1v) is 7.75. The molecule has 7 heteroatoms. The fourth-order valence-corrected chi connectivity index (χ4v) is 3.32. The van der Waals surface area contributed by atoms with E-state index in [2.05, 4.69) is 15.0 Å². The fourth-order valence-electron chi connectivity index (χ4n) is 2.34. The summed E-state index contributed by atoms with van der Waals surface area (Å²) < 4.78 is 8.09. The maximum Gasteiger partial charge on any atom is 0.255 e. The Balaban J connectivity index is 1.99. The lowest BCUT2D eigenvalue weighted by Gasteiger charge is -1.98. The first kappa shape index (κ1) is 13.7. The maximum atomic E-state index is 6.08. The van der Waals surface area contributed by atoms with Crippen LogP contribution in [0.1, 0.15) is 0 Å². The number of ether oxygens (including phenoxy) is 1. The highest BCUT2D eigenvalue weighted by atomic mass is 32.1. The standard InChI is InChI=1S/C16H13N5OS/c1-22-11-7-8-12-13(9-11)23-21-14(12)19-16(20-15(21)17)18-10-5-3-2-4-6-10/h2-9H,1H3,(H2,17,18,20). The van der Waals surface area contributed by atoms with E-state index < -0.39 is 0 Å². The van der Waals surface area contributed by atoms with Crippen LogP contribution in [0.5, 0.6) is 5.75 Å². The number of nitrogens with zero attached hydrogens (tertiary/aromatic N) is 4. The molecule has 23 heavy (non-hydrogen) atoms. The lowest BCUT2D eigenvalue weighted by atomic mass is 10.2. The lowest BCUT2D eigenvalue weighted by Crippen LogP contribution is -2.17. The van der Waals surface area contributed by atoms with Crippen LogP contribution in [0, 0.1) is 0 Å². The normalized spacial score (nSPS) is 12.1. The molecule has 2 aromatic carbocycles. The fraction of sp³-hybridized carbons (Fsp3) is 0.0625. The molecule has 2 heterocycles. The van der Waals surface area contributed by atoms with Crippen molar-refractivity contribution in [1.82, 2.24) is 13.8 Å². The lowest BCUT2D eigenvalue weighted by molar-refractivity contribution is 0.415. The van der Waals surface area contributed by atoms with Crippen molar-refractivity contribution in [3.8, 4) is 5.75 Å². The molecule has 0 bridgehead atoms. The van der Waals surface area contributed by atoms with Crippen molar-refractivity contribution < 1.29 is 4.74 Å². The van der Waals surface area contributed by atoms with Gasteiger partial charge in [0.25, 0.3) is 5.62 Å². The van der Waals surface area contributed by atoms with Gasteiger partial charge < -0.3 is 10.5 Å². The zero-order chi connectivity index (χ0) is 15.8. The molecule has 4 aromatic rings. The summed E-state index contributed by atoms with van der Waals surface area (Å²) in [6, 6.07) is 15.4. The minimum atomic E-state index is 0.351. The first-order valence-electron chi connectivity index (χ1n) is 6.98. The third-order valence-corrected chi connectivity index (χ3v) is 4.50. The van der Waals surface area contributed by atoms with Gasteiger partial charge in [-0.3, -0.25) is 0 Å². The van der Waals surface area contributed by atoms with Crippen molar-refractivity contribution in [2.45, 2.75) is 0 Å². The van der Waals surface area contributed by atoms with Crippen LogP contribution in [0.15, 0.2) is 53.5 Å². The number of anilines is 1. The van der Waals surface area contributed by atoms with Gasteiger partial charge in [0.1, 0.15) is 5.75 Å². The number of hydrogen-bond acceptors (Lipinski definition) is 6. The second kappa shape index (κ2) is 5.36. The minimum Gasteiger partial charge on any atom is -0.497 e. The summed E-state index contributed by atoms with van der Waals surface area (Å²) in [5, 5.41) is 0.995. The van der Waals surface area contributed by atoms with Gasteiger partial charge in [0, 0.05) is 5.39 Å². The van der Waals surface area contributed by atoms with Crippen LogP contribution >= 0.6 is 11.5 Å². The number of nitrogen functional groups attached to an aromatic ring is 1. The van der Waals surface area contributed by atoms with Crippen LogP contribution in [0.25, 0.3) is 15.7 Å². The molecule has 2 aromatic heterocycles. The maximum absolute atomic E-state index is 6.08. The third-order valence-electron chi connectivity index (χ3n) is 3.43. The molecule has 0 unspecified atom stereocenters. The molecule has 0 aliphatic rings. The second-order valence-electron chi connectivity index (χ2n) is 4.90. The Labute approximate surface area is 135 Å². The van der Waals surface area contributed by atoms with Crippen molar-refractivity contribution in [1.29, 1.82) is 0 Å². The van der Waals surface area contributed by atoms with Crippen molar-refractivity contribution in [2.24, 2.45) is 4.99 Å². The van der Waals surface area contributed by atoms with Crippen molar-refractivity contribution in [3.05, 3.63) is 54.1 Å². The van der Waals surface area contributed by atoms with Gasteiger partial charge in [-0.2, -0.15) is 9.97 Å². The van der Waals surface area contributed by atoms with E-state index in [4.69, 9.17) is 10.5 Å². The molecule has 0 amide bonds. The molecule has 0 spiro atoms. The zero-order valence-corrected chi connectivity index (χ0v) is 13.1. The molecule has 114 valence electrons. The smallest absolute Gasteiger partial charge is 0.255 e. The van der Waals surface area contributed by atoms with E-state index in [1.54, 1.807) is 10.9 Å². The third kappa shape index (κ3) is 2.40. The van der Waals surface area contributed by atoms with Crippen LogP contribution in [-0.4, -0.2) is 20.9 Å². The molecule has 0 radical (unpaired) electrons. The van der Waals surface area contributed by atoms with Gasteiger partial charge in [-0.1, -0.05) is 18.2 Å². The number of nitrogens with two attached hydrogens (primary N) is 1. The van der Waals surface area contributed by atoms with Crippen LogP contribution in [0.2, 0.25) is 0 Å². The molecule has 6 nitrogen and oxygen atoms in total.